The summed E-state index contributed by atoms with van der Waals surface area (Å²) in [5.41, 5.74) is 1.24. The SMILES string of the molecule is CCNC(=NCCN1CCCN(C)CC1)NCCc1cccc(Cl)c1. The fraction of sp³-hybridized carbons (Fsp3) is 0.632. The summed E-state index contributed by atoms with van der Waals surface area (Å²) in [7, 11) is 2.20. The molecule has 0 aromatic heterocycles. The van der Waals surface area contributed by atoms with Gasteiger partial charge in [0.25, 0.3) is 0 Å². The Hall–Kier alpha value is -1.30. The number of nitrogens with zero attached hydrogens (tertiary/aromatic N) is 3. The maximum atomic E-state index is 6.03. The van der Waals surface area contributed by atoms with E-state index in [1.165, 1.54) is 25.1 Å². The van der Waals surface area contributed by atoms with Gasteiger partial charge in [0.2, 0.25) is 0 Å². The molecule has 1 aliphatic heterocycles. The van der Waals surface area contributed by atoms with Crippen LogP contribution >= 0.6 is 11.6 Å². The van der Waals surface area contributed by atoms with Gasteiger partial charge in [0.05, 0.1) is 6.54 Å². The number of benzene rings is 1. The third-order valence-corrected chi connectivity index (χ3v) is 4.67. The Morgan fingerprint density at radius 1 is 1.20 bits per heavy atom. The predicted octanol–water partition coefficient (Wildman–Crippen LogP) is 2.08. The monoisotopic (exact) mass is 365 g/mol. The van der Waals surface area contributed by atoms with Crippen molar-refractivity contribution in [3.8, 4) is 0 Å². The Kier molecular flexibility index (Phi) is 9.08. The van der Waals surface area contributed by atoms with Crippen LogP contribution in [0.15, 0.2) is 29.3 Å². The first-order valence-corrected chi connectivity index (χ1v) is 9.72. The molecule has 0 spiro atoms. The molecule has 0 bridgehead atoms. The highest BCUT2D eigenvalue weighted by Gasteiger charge is 2.11. The van der Waals surface area contributed by atoms with Gasteiger partial charge in [0, 0.05) is 37.7 Å². The molecular weight excluding hydrogens is 334 g/mol. The van der Waals surface area contributed by atoms with Crippen LogP contribution in [0.2, 0.25) is 5.02 Å². The van der Waals surface area contributed by atoms with Crippen molar-refractivity contribution in [3.63, 3.8) is 0 Å². The lowest BCUT2D eigenvalue weighted by Gasteiger charge is -2.19. The van der Waals surface area contributed by atoms with Gasteiger partial charge in [-0.05, 0) is 57.6 Å². The Bertz CT molecular complexity index is 534. The highest BCUT2D eigenvalue weighted by atomic mass is 35.5. The van der Waals surface area contributed by atoms with Crippen LogP contribution in [-0.4, -0.2) is 75.2 Å². The van der Waals surface area contributed by atoms with Crippen molar-refractivity contribution in [1.29, 1.82) is 0 Å². The van der Waals surface area contributed by atoms with Crippen molar-refractivity contribution in [2.45, 2.75) is 19.8 Å². The molecule has 140 valence electrons. The zero-order valence-electron chi connectivity index (χ0n) is 15.6. The predicted molar refractivity (Wildman–Crippen MR) is 108 cm³/mol. The van der Waals surface area contributed by atoms with Gasteiger partial charge in [-0.3, -0.25) is 4.99 Å². The number of hydrogen-bond donors (Lipinski definition) is 2. The van der Waals surface area contributed by atoms with Gasteiger partial charge in [-0.25, -0.2) is 0 Å². The van der Waals surface area contributed by atoms with Crippen molar-refractivity contribution >= 4 is 17.6 Å². The Balaban J connectivity index is 1.73. The van der Waals surface area contributed by atoms with Gasteiger partial charge in [-0.1, -0.05) is 23.7 Å². The zero-order chi connectivity index (χ0) is 17.9. The minimum Gasteiger partial charge on any atom is -0.357 e. The summed E-state index contributed by atoms with van der Waals surface area (Å²) in [4.78, 5) is 9.64. The van der Waals surface area contributed by atoms with Crippen molar-refractivity contribution in [1.82, 2.24) is 20.4 Å². The van der Waals surface area contributed by atoms with E-state index >= 15 is 0 Å². The van der Waals surface area contributed by atoms with Crippen LogP contribution in [0.1, 0.15) is 18.9 Å². The number of hydrogen-bond acceptors (Lipinski definition) is 3. The normalized spacial score (nSPS) is 17.3. The number of aliphatic imine (C=N–C) groups is 1. The van der Waals surface area contributed by atoms with Crippen LogP contribution in [0.5, 0.6) is 0 Å². The minimum atomic E-state index is 0.793. The van der Waals surface area contributed by atoms with Crippen molar-refractivity contribution in [2.75, 3.05) is 59.4 Å². The fourth-order valence-corrected chi connectivity index (χ4v) is 3.20. The highest BCUT2D eigenvalue weighted by molar-refractivity contribution is 6.30. The molecule has 25 heavy (non-hydrogen) atoms. The van der Waals surface area contributed by atoms with E-state index in [0.717, 1.165) is 56.7 Å². The molecule has 6 heteroatoms. The molecule has 0 saturated carbocycles. The fourth-order valence-electron chi connectivity index (χ4n) is 2.99. The molecule has 2 N–H and O–H groups in total. The molecule has 0 unspecified atom stereocenters. The molecule has 1 aromatic carbocycles. The van der Waals surface area contributed by atoms with E-state index in [9.17, 15) is 0 Å². The van der Waals surface area contributed by atoms with E-state index < -0.39 is 0 Å². The highest BCUT2D eigenvalue weighted by Crippen LogP contribution is 2.10. The molecule has 0 aliphatic carbocycles. The second-order valence-corrected chi connectivity index (χ2v) is 7.00. The number of rotatable bonds is 7. The maximum absolute atomic E-state index is 6.03. The average Bonchev–Trinajstić information content (AvgIpc) is 2.79. The molecule has 0 radical (unpaired) electrons. The quantitative estimate of drug-likeness (QED) is 0.573. The molecule has 1 saturated heterocycles. The van der Waals surface area contributed by atoms with Crippen LogP contribution in [0.4, 0.5) is 0 Å². The summed E-state index contributed by atoms with van der Waals surface area (Å²) in [5.74, 6) is 0.900. The van der Waals surface area contributed by atoms with E-state index in [2.05, 4.69) is 40.5 Å². The zero-order valence-corrected chi connectivity index (χ0v) is 16.4. The van der Waals surface area contributed by atoms with Crippen molar-refractivity contribution < 1.29 is 0 Å². The molecular formula is C19H32ClN5. The van der Waals surface area contributed by atoms with E-state index in [4.69, 9.17) is 16.6 Å². The second-order valence-electron chi connectivity index (χ2n) is 6.57. The Morgan fingerprint density at radius 2 is 2.08 bits per heavy atom. The summed E-state index contributed by atoms with van der Waals surface area (Å²) in [6.45, 7) is 10.4. The van der Waals surface area contributed by atoms with Gasteiger partial charge in [-0.15, -0.1) is 0 Å². The lowest BCUT2D eigenvalue weighted by atomic mass is 10.1. The summed E-state index contributed by atoms with van der Waals surface area (Å²) >= 11 is 6.03. The minimum absolute atomic E-state index is 0.793. The smallest absolute Gasteiger partial charge is 0.191 e. The summed E-state index contributed by atoms with van der Waals surface area (Å²) < 4.78 is 0. The molecule has 5 nitrogen and oxygen atoms in total. The molecule has 0 atom stereocenters. The molecule has 0 amide bonds. The van der Waals surface area contributed by atoms with E-state index in [1.54, 1.807) is 0 Å². The van der Waals surface area contributed by atoms with Crippen LogP contribution < -0.4 is 10.6 Å². The summed E-state index contributed by atoms with van der Waals surface area (Å²) in [5, 5.41) is 7.53. The van der Waals surface area contributed by atoms with Gasteiger partial charge < -0.3 is 20.4 Å². The molecule has 1 aromatic rings. The molecule has 2 rings (SSSR count). The Labute approximate surface area is 157 Å². The van der Waals surface area contributed by atoms with Crippen molar-refractivity contribution in [3.05, 3.63) is 34.9 Å². The molecule has 1 heterocycles. The lowest BCUT2D eigenvalue weighted by molar-refractivity contribution is 0.283. The first-order chi connectivity index (χ1) is 12.2. The third kappa shape index (κ3) is 8.08. The lowest BCUT2D eigenvalue weighted by Crippen LogP contribution is -2.39. The van der Waals surface area contributed by atoms with Crippen LogP contribution in [-0.2, 0) is 6.42 Å². The van der Waals surface area contributed by atoms with Gasteiger partial charge >= 0.3 is 0 Å². The van der Waals surface area contributed by atoms with Crippen LogP contribution in [0.25, 0.3) is 0 Å². The maximum Gasteiger partial charge on any atom is 0.191 e. The van der Waals surface area contributed by atoms with E-state index in [1.807, 2.05) is 18.2 Å². The average molecular weight is 366 g/mol. The summed E-state index contributed by atoms with van der Waals surface area (Å²) in [6.07, 6.45) is 2.18. The summed E-state index contributed by atoms with van der Waals surface area (Å²) in [6, 6.07) is 8.03. The van der Waals surface area contributed by atoms with Crippen LogP contribution in [0, 0.1) is 0 Å². The van der Waals surface area contributed by atoms with E-state index in [-0.39, 0.29) is 0 Å². The first-order valence-electron chi connectivity index (χ1n) is 9.35. The number of guanidine groups is 1. The Morgan fingerprint density at radius 3 is 2.88 bits per heavy atom. The van der Waals surface area contributed by atoms with Gasteiger partial charge in [0.15, 0.2) is 5.96 Å². The number of halogens is 1. The van der Waals surface area contributed by atoms with Gasteiger partial charge in [0.1, 0.15) is 0 Å². The molecule has 1 aliphatic rings. The van der Waals surface area contributed by atoms with Crippen molar-refractivity contribution in [2.24, 2.45) is 4.99 Å². The standard InChI is InChI=1S/C19H32ClN5/c1-3-21-19(22-9-8-17-6-4-7-18(20)16-17)23-10-13-25-12-5-11-24(2)14-15-25/h4,6-7,16H,3,5,8-15H2,1-2H3,(H2,21,22,23). The number of nitrogens with one attached hydrogen (secondary N) is 2. The first kappa shape index (κ1) is 20.0. The van der Waals surface area contributed by atoms with Crippen LogP contribution in [0.3, 0.4) is 0 Å². The van der Waals surface area contributed by atoms with Gasteiger partial charge in [-0.2, -0.15) is 0 Å². The topological polar surface area (TPSA) is 42.9 Å². The van der Waals surface area contributed by atoms with E-state index in [0.29, 0.717) is 0 Å². The number of likely N-dealkylation sites (N-methyl/N-ethyl adjacent to an activating group) is 1. The second kappa shape index (κ2) is 11.3. The third-order valence-electron chi connectivity index (χ3n) is 4.44. The molecule has 1 fully saturated rings. The largest absolute Gasteiger partial charge is 0.357 e.